The van der Waals surface area contributed by atoms with E-state index >= 15 is 0 Å². The molecule has 0 bridgehead atoms. The van der Waals surface area contributed by atoms with Crippen LogP contribution < -0.4 is 0 Å². The molecule has 0 saturated carbocycles. The van der Waals surface area contributed by atoms with Crippen LogP contribution in [-0.4, -0.2) is 17.0 Å². The standard InChI is InChI=1S/C23H30O3/c1-3-5-12-17-23(24,4-2)22-25-20(18-13-8-6-9-14-18)21(26-22)19-15-10-7-11-16-19/h6-11,13-16,20-22,24H,3-5,12,17H2,1-2H3/t20-,21-,23-/m1/s1. The maximum absolute atomic E-state index is 11.2. The molecule has 0 aromatic heterocycles. The van der Waals surface area contributed by atoms with E-state index in [0.29, 0.717) is 12.8 Å². The van der Waals surface area contributed by atoms with E-state index in [-0.39, 0.29) is 12.2 Å². The van der Waals surface area contributed by atoms with Crippen LogP contribution in [0, 0.1) is 0 Å². The number of hydrogen-bond acceptors (Lipinski definition) is 3. The lowest BCUT2D eigenvalue weighted by Gasteiger charge is -2.32. The van der Waals surface area contributed by atoms with Crippen molar-refractivity contribution in [2.75, 3.05) is 0 Å². The lowest BCUT2D eigenvalue weighted by atomic mass is 9.92. The fourth-order valence-corrected chi connectivity index (χ4v) is 3.63. The minimum atomic E-state index is -0.953. The van der Waals surface area contributed by atoms with Gasteiger partial charge in [-0.2, -0.15) is 0 Å². The minimum Gasteiger partial charge on any atom is -0.385 e. The highest BCUT2D eigenvalue weighted by Crippen LogP contribution is 2.46. The van der Waals surface area contributed by atoms with Crippen LogP contribution in [0.5, 0.6) is 0 Å². The molecule has 3 heteroatoms. The van der Waals surface area contributed by atoms with E-state index in [4.69, 9.17) is 9.47 Å². The lowest BCUT2D eigenvalue weighted by Crippen LogP contribution is -2.42. The summed E-state index contributed by atoms with van der Waals surface area (Å²) in [6.07, 6.45) is 3.50. The molecule has 0 radical (unpaired) electrons. The fourth-order valence-electron chi connectivity index (χ4n) is 3.63. The highest BCUT2D eigenvalue weighted by molar-refractivity contribution is 5.26. The maximum atomic E-state index is 11.2. The van der Waals surface area contributed by atoms with Crippen molar-refractivity contribution in [2.45, 2.75) is 70.1 Å². The molecule has 2 aromatic carbocycles. The third-order valence-corrected chi connectivity index (χ3v) is 5.34. The second-order valence-corrected chi connectivity index (χ2v) is 7.18. The predicted molar refractivity (Wildman–Crippen MR) is 104 cm³/mol. The average molecular weight is 354 g/mol. The molecule has 1 N–H and O–H groups in total. The van der Waals surface area contributed by atoms with Crippen LogP contribution in [0.15, 0.2) is 60.7 Å². The molecule has 140 valence electrons. The van der Waals surface area contributed by atoms with Gasteiger partial charge in [0.05, 0.1) is 0 Å². The quantitative estimate of drug-likeness (QED) is 0.630. The summed E-state index contributed by atoms with van der Waals surface area (Å²) < 4.78 is 12.7. The van der Waals surface area contributed by atoms with Crippen LogP contribution in [-0.2, 0) is 9.47 Å². The van der Waals surface area contributed by atoms with E-state index in [1.165, 1.54) is 0 Å². The zero-order chi connectivity index (χ0) is 18.4. The van der Waals surface area contributed by atoms with Gasteiger partial charge in [0, 0.05) is 0 Å². The highest BCUT2D eigenvalue weighted by Gasteiger charge is 2.47. The lowest BCUT2D eigenvalue weighted by molar-refractivity contribution is -0.198. The van der Waals surface area contributed by atoms with Gasteiger partial charge in [0.25, 0.3) is 0 Å². The summed E-state index contributed by atoms with van der Waals surface area (Å²) >= 11 is 0. The van der Waals surface area contributed by atoms with Crippen molar-refractivity contribution in [3.63, 3.8) is 0 Å². The Bertz CT molecular complexity index is 610. The maximum Gasteiger partial charge on any atom is 0.187 e. The zero-order valence-corrected chi connectivity index (χ0v) is 15.8. The highest BCUT2D eigenvalue weighted by atomic mass is 16.7. The molecule has 3 atom stereocenters. The molecule has 0 aliphatic carbocycles. The summed E-state index contributed by atoms with van der Waals surface area (Å²) in [5.74, 6) is 0. The van der Waals surface area contributed by atoms with Crippen molar-refractivity contribution in [1.82, 2.24) is 0 Å². The zero-order valence-electron chi connectivity index (χ0n) is 15.8. The first-order valence-electron chi connectivity index (χ1n) is 9.81. The number of ether oxygens (including phenoxy) is 2. The molecule has 2 aromatic rings. The average Bonchev–Trinajstić information content (AvgIpc) is 3.15. The summed E-state index contributed by atoms with van der Waals surface area (Å²) in [5.41, 5.74) is 1.21. The Morgan fingerprint density at radius 2 is 1.31 bits per heavy atom. The Hall–Kier alpha value is -1.68. The number of rotatable bonds is 8. The third-order valence-electron chi connectivity index (χ3n) is 5.34. The first-order chi connectivity index (χ1) is 12.7. The summed E-state index contributed by atoms with van der Waals surface area (Å²) in [6.45, 7) is 4.18. The molecular formula is C23H30O3. The SMILES string of the molecule is CCCCC[C@](O)(CC)C1O[C@H](c2ccccc2)[C@@H](c2ccccc2)O1. The monoisotopic (exact) mass is 354 g/mol. The number of unbranched alkanes of at least 4 members (excludes halogenated alkanes) is 2. The van der Waals surface area contributed by atoms with Crippen LogP contribution in [0.1, 0.15) is 69.3 Å². The van der Waals surface area contributed by atoms with Gasteiger partial charge in [0.2, 0.25) is 0 Å². The molecule has 1 aliphatic rings. The second kappa shape index (κ2) is 8.81. The van der Waals surface area contributed by atoms with Crippen molar-refractivity contribution in [2.24, 2.45) is 0 Å². The Labute approximate surface area is 157 Å². The van der Waals surface area contributed by atoms with Gasteiger partial charge in [-0.05, 0) is 24.0 Å². The van der Waals surface area contributed by atoms with Gasteiger partial charge in [-0.3, -0.25) is 0 Å². The summed E-state index contributed by atoms with van der Waals surface area (Å²) in [6, 6.07) is 20.3. The van der Waals surface area contributed by atoms with E-state index in [9.17, 15) is 5.11 Å². The van der Waals surface area contributed by atoms with Gasteiger partial charge in [-0.25, -0.2) is 0 Å². The van der Waals surface area contributed by atoms with Crippen LogP contribution >= 0.6 is 0 Å². The first-order valence-corrected chi connectivity index (χ1v) is 9.81. The van der Waals surface area contributed by atoms with Crippen molar-refractivity contribution >= 4 is 0 Å². The summed E-state index contributed by atoms with van der Waals surface area (Å²) in [7, 11) is 0. The van der Waals surface area contributed by atoms with Crippen molar-refractivity contribution in [1.29, 1.82) is 0 Å². The van der Waals surface area contributed by atoms with Crippen LogP contribution in [0.25, 0.3) is 0 Å². The molecule has 0 unspecified atom stereocenters. The van der Waals surface area contributed by atoms with E-state index in [2.05, 4.69) is 31.2 Å². The molecule has 0 amide bonds. The van der Waals surface area contributed by atoms with Gasteiger partial charge >= 0.3 is 0 Å². The third kappa shape index (κ3) is 4.17. The molecule has 1 fully saturated rings. The number of benzene rings is 2. The Morgan fingerprint density at radius 1 is 0.808 bits per heavy atom. The van der Waals surface area contributed by atoms with E-state index in [1.807, 2.05) is 43.3 Å². The molecule has 1 aliphatic heterocycles. The molecule has 0 spiro atoms. The topological polar surface area (TPSA) is 38.7 Å². The van der Waals surface area contributed by atoms with Crippen LogP contribution in [0.2, 0.25) is 0 Å². The van der Waals surface area contributed by atoms with Crippen LogP contribution in [0.4, 0.5) is 0 Å². The Balaban J connectivity index is 1.86. The molecule has 1 heterocycles. The molecule has 1 saturated heterocycles. The van der Waals surface area contributed by atoms with Crippen molar-refractivity contribution in [3.8, 4) is 0 Å². The van der Waals surface area contributed by atoms with Gasteiger partial charge in [-0.15, -0.1) is 0 Å². The van der Waals surface area contributed by atoms with Crippen LogP contribution in [0.3, 0.4) is 0 Å². The fraction of sp³-hybridized carbons (Fsp3) is 0.478. The molecule has 3 nitrogen and oxygen atoms in total. The van der Waals surface area contributed by atoms with Gasteiger partial charge in [0.15, 0.2) is 6.29 Å². The molecular weight excluding hydrogens is 324 g/mol. The second-order valence-electron chi connectivity index (χ2n) is 7.18. The molecule has 26 heavy (non-hydrogen) atoms. The number of aliphatic hydroxyl groups is 1. The Kier molecular flexibility index (Phi) is 6.47. The molecule has 3 rings (SSSR count). The van der Waals surface area contributed by atoms with Gasteiger partial charge in [0.1, 0.15) is 17.8 Å². The van der Waals surface area contributed by atoms with Crippen molar-refractivity contribution < 1.29 is 14.6 Å². The largest absolute Gasteiger partial charge is 0.385 e. The minimum absolute atomic E-state index is 0.215. The van der Waals surface area contributed by atoms with E-state index in [0.717, 1.165) is 30.4 Å². The summed E-state index contributed by atoms with van der Waals surface area (Å²) in [4.78, 5) is 0. The van der Waals surface area contributed by atoms with Crippen molar-refractivity contribution in [3.05, 3.63) is 71.8 Å². The number of hydrogen-bond donors (Lipinski definition) is 1. The first kappa shape index (κ1) is 19.1. The summed E-state index contributed by atoms with van der Waals surface area (Å²) in [5, 5.41) is 11.2. The predicted octanol–water partition coefficient (Wildman–Crippen LogP) is 5.56. The van der Waals surface area contributed by atoms with E-state index < -0.39 is 11.9 Å². The van der Waals surface area contributed by atoms with Gasteiger partial charge < -0.3 is 14.6 Å². The normalized spacial score (nSPS) is 23.0. The van der Waals surface area contributed by atoms with Gasteiger partial charge in [-0.1, -0.05) is 93.8 Å². The smallest absolute Gasteiger partial charge is 0.187 e. The van der Waals surface area contributed by atoms with E-state index in [1.54, 1.807) is 0 Å². The Morgan fingerprint density at radius 3 is 1.73 bits per heavy atom.